The fourth-order valence-corrected chi connectivity index (χ4v) is 5.41. The van der Waals surface area contributed by atoms with E-state index in [2.05, 4.69) is 17.2 Å². The van der Waals surface area contributed by atoms with Crippen molar-refractivity contribution >= 4 is 34.9 Å². The molecule has 3 N–H and O–H groups in total. The standard InChI is InChI=1S/C28H30Cl2FN3O2/c1-16(18-6-4-3-5-7-18)34-28(35)20-10-8-19(9-11-20)21-14-24(27(32)33-15-21)36-17(2)25-22(29)12-13-23(31)26(25)30/h8-18H,3-7H2,1-2H3,(H2,32,33)(H,34,35)/t16-,17?/m1/s1. The summed E-state index contributed by atoms with van der Waals surface area (Å²) < 4.78 is 20.0. The summed E-state index contributed by atoms with van der Waals surface area (Å²) in [5.74, 6) is 0.391. The normalized spacial score (nSPS) is 15.8. The predicted molar refractivity (Wildman–Crippen MR) is 143 cm³/mol. The lowest BCUT2D eigenvalue weighted by atomic mass is 9.84. The lowest BCUT2D eigenvalue weighted by Crippen LogP contribution is -2.38. The van der Waals surface area contributed by atoms with E-state index in [1.807, 2.05) is 12.1 Å². The fourth-order valence-electron chi connectivity index (χ4n) is 4.73. The molecule has 0 spiro atoms. The Labute approximate surface area is 221 Å². The van der Waals surface area contributed by atoms with Gasteiger partial charge in [-0.15, -0.1) is 0 Å². The third-order valence-corrected chi connectivity index (χ3v) is 7.58. The first kappa shape index (κ1) is 26.2. The predicted octanol–water partition coefficient (Wildman–Crippen LogP) is 7.62. The number of anilines is 1. The Hall–Kier alpha value is -2.83. The number of aromatic nitrogens is 1. The molecule has 1 amide bonds. The van der Waals surface area contributed by atoms with Crippen molar-refractivity contribution in [3.8, 4) is 16.9 Å². The average Bonchev–Trinajstić information content (AvgIpc) is 2.88. The van der Waals surface area contributed by atoms with E-state index >= 15 is 0 Å². The molecule has 4 rings (SSSR count). The molecule has 1 aliphatic rings. The fraction of sp³-hybridized carbons (Fsp3) is 0.357. The summed E-state index contributed by atoms with van der Waals surface area (Å²) in [5, 5.41) is 3.36. The van der Waals surface area contributed by atoms with Gasteiger partial charge in [-0.3, -0.25) is 4.79 Å². The zero-order valence-electron chi connectivity index (χ0n) is 20.4. The molecule has 0 bridgehead atoms. The smallest absolute Gasteiger partial charge is 0.251 e. The molecule has 1 unspecified atom stereocenters. The van der Waals surface area contributed by atoms with Gasteiger partial charge in [-0.1, -0.05) is 54.6 Å². The molecule has 36 heavy (non-hydrogen) atoms. The average molecular weight is 530 g/mol. The zero-order chi connectivity index (χ0) is 25.8. The summed E-state index contributed by atoms with van der Waals surface area (Å²) >= 11 is 12.4. The number of nitrogens with zero attached hydrogens (tertiary/aromatic N) is 1. The van der Waals surface area contributed by atoms with E-state index in [-0.39, 0.29) is 22.8 Å². The molecule has 190 valence electrons. The Morgan fingerprint density at radius 3 is 2.47 bits per heavy atom. The number of ether oxygens (including phenoxy) is 1. The highest BCUT2D eigenvalue weighted by molar-refractivity contribution is 6.36. The molecule has 1 aliphatic carbocycles. The van der Waals surface area contributed by atoms with Crippen LogP contribution in [-0.4, -0.2) is 16.9 Å². The van der Waals surface area contributed by atoms with Gasteiger partial charge < -0.3 is 15.8 Å². The van der Waals surface area contributed by atoms with Crippen molar-refractivity contribution < 1.29 is 13.9 Å². The topological polar surface area (TPSA) is 77.2 Å². The summed E-state index contributed by atoms with van der Waals surface area (Å²) in [6.07, 6.45) is 7.07. The summed E-state index contributed by atoms with van der Waals surface area (Å²) in [6, 6.07) is 11.9. The van der Waals surface area contributed by atoms with E-state index < -0.39 is 11.9 Å². The highest BCUT2D eigenvalue weighted by Crippen LogP contribution is 2.37. The second kappa shape index (κ2) is 11.5. The van der Waals surface area contributed by atoms with Crippen LogP contribution in [0.15, 0.2) is 48.7 Å². The molecule has 1 heterocycles. The van der Waals surface area contributed by atoms with Crippen LogP contribution in [0.1, 0.15) is 68.0 Å². The van der Waals surface area contributed by atoms with Crippen LogP contribution >= 0.6 is 23.2 Å². The molecule has 1 saturated carbocycles. The zero-order valence-corrected chi connectivity index (χ0v) is 21.9. The number of carbonyl (C=O) groups excluding carboxylic acids is 1. The number of nitrogens with two attached hydrogens (primary N) is 1. The van der Waals surface area contributed by atoms with Crippen LogP contribution < -0.4 is 15.8 Å². The van der Waals surface area contributed by atoms with Gasteiger partial charge in [0, 0.05) is 34.0 Å². The minimum atomic E-state index is -0.669. The number of halogens is 3. The largest absolute Gasteiger partial charge is 0.482 e. The van der Waals surface area contributed by atoms with Crippen molar-refractivity contribution in [2.75, 3.05) is 5.73 Å². The number of nitrogen functional groups attached to an aromatic ring is 1. The van der Waals surface area contributed by atoms with E-state index in [9.17, 15) is 9.18 Å². The number of hydrogen-bond acceptors (Lipinski definition) is 4. The van der Waals surface area contributed by atoms with Crippen molar-refractivity contribution in [2.45, 2.75) is 58.1 Å². The van der Waals surface area contributed by atoms with Crippen molar-refractivity contribution in [3.63, 3.8) is 0 Å². The Kier molecular flexibility index (Phi) is 8.37. The van der Waals surface area contributed by atoms with Crippen LogP contribution in [0.4, 0.5) is 10.2 Å². The van der Waals surface area contributed by atoms with Gasteiger partial charge in [-0.25, -0.2) is 9.37 Å². The van der Waals surface area contributed by atoms with Crippen LogP contribution in [0, 0.1) is 11.7 Å². The molecule has 2 atom stereocenters. The lowest BCUT2D eigenvalue weighted by Gasteiger charge is -2.28. The van der Waals surface area contributed by atoms with E-state index in [4.69, 9.17) is 33.7 Å². The Morgan fingerprint density at radius 2 is 1.78 bits per heavy atom. The first-order chi connectivity index (χ1) is 17.2. The van der Waals surface area contributed by atoms with Crippen LogP contribution in [0.25, 0.3) is 11.1 Å². The summed E-state index contributed by atoms with van der Waals surface area (Å²) in [5.41, 5.74) is 8.58. The molecule has 5 nitrogen and oxygen atoms in total. The van der Waals surface area contributed by atoms with Gasteiger partial charge in [-0.05, 0) is 68.5 Å². The Bertz CT molecular complexity index is 1230. The number of benzene rings is 2. The van der Waals surface area contributed by atoms with Gasteiger partial charge in [0.05, 0.1) is 5.02 Å². The number of rotatable bonds is 7. The van der Waals surface area contributed by atoms with E-state index in [1.54, 1.807) is 31.3 Å². The summed E-state index contributed by atoms with van der Waals surface area (Å²) in [6.45, 7) is 3.80. The molecule has 3 aromatic rings. The van der Waals surface area contributed by atoms with Crippen LogP contribution in [0.5, 0.6) is 5.75 Å². The molecule has 1 aromatic heterocycles. The van der Waals surface area contributed by atoms with E-state index in [0.29, 0.717) is 27.8 Å². The van der Waals surface area contributed by atoms with Crippen molar-refractivity contribution in [1.29, 1.82) is 0 Å². The number of hydrogen-bond donors (Lipinski definition) is 2. The molecule has 0 saturated heterocycles. The van der Waals surface area contributed by atoms with Crippen LogP contribution in [-0.2, 0) is 0 Å². The first-order valence-electron chi connectivity index (χ1n) is 12.2. The SMILES string of the molecule is CC(Oc1cc(-c2ccc(C(=O)N[C@H](C)C3CCCCC3)cc2)cnc1N)c1c(Cl)ccc(F)c1Cl. The van der Waals surface area contributed by atoms with Crippen molar-refractivity contribution in [1.82, 2.24) is 10.3 Å². The second-order valence-electron chi connectivity index (χ2n) is 9.36. The minimum Gasteiger partial charge on any atom is -0.482 e. The maximum atomic E-state index is 14.0. The molecule has 2 aromatic carbocycles. The summed E-state index contributed by atoms with van der Waals surface area (Å²) in [4.78, 5) is 17.0. The molecule has 0 aliphatic heterocycles. The molecule has 1 fully saturated rings. The van der Waals surface area contributed by atoms with Crippen molar-refractivity contribution in [2.24, 2.45) is 5.92 Å². The van der Waals surface area contributed by atoms with Gasteiger partial charge in [-0.2, -0.15) is 0 Å². The van der Waals surface area contributed by atoms with Crippen LogP contribution in [0.3, 0.4) is 0 Å². The van der Waals surface area contributed by atoms with Gasteiger partial charge in [0.2, 0.25) is 0 Å². The lowest BCUT2D eigenvalue weighted by molar-refractivity contribution is 0.0919. The highest BCUT2D eigenvalue weighted by atomic mass is 35.5. The van der Waals surface area contributed by atoms with Crippen LogP contribution in [0.2, 0.25) is 10.0 Å². The van der Waals surface area contributed by atoms with Crippen molar-refractivity contribution in [3.05, 3.63) is 75.7 Å². The highest BCUT2D eigenvalue weighted by Gasteiger charge is 2.22. The molecule has 0 radical (unpaired) electrons. The monoisotopic (exact) mass is 529 g/mol. The molecule has 8 heteroatoms. The van der Waals surface area contributed by atoms with Gasteiger partial charge >= 0.3 is 0 Å². The van der Waals surface area contributed by atoms with Gasteiger partial charge in [0.1, 0.15) is 11.9 Å². The Balaban J connectivity index is 1.48. The number of carbonyl (C=O) groups is 1. The molecular formula is C28H30Cl2FN3O2. The third-order valence-electron chi connectivity index (χ3n) is 6.87. The summed E-state index contributed by atoms with van der Waals surface area (Å²) in [7, 11) is 0. The third kappa shape index (κ3) is 5.93. The number of nitrogens with one attached hydrogen (secondary N) is 1. The van der Waals surface area contributed by atoms with E-state index in [1.165, 1.54) is 44.2 Å². The second-order valence-corrected chi connectivity index (χ2v) is 10.1. The quantitative estimate of drug-likeness (QED) is 0.308. The minimum absolute atomic E-state index is 0.0725. The molecular weight excluding hydrogens is 500 g/mol. The number of amides is 1. The maximum absolute atomic E-state index is 14.0. The van der Waals surface area contributed by atoms with E-state index in [0.717, 1.165) is 11.1 Å². The maximum Gasteiger partial charge on any atom is 0.251 e. The first-order valence-corrected chi connectivity index (χ1v) is 13.0. The van der Waals surface area contributed by atoms with Gasteiger partial charge in [0.15, 0.2) is 11.6 Å². The number of pyridine rings is 1. The Morgan fingerprint density at radius 1 is 1.08 bits per heavy atom. The van der Waals surface area contributed by atoms with Gasteiger partial charge in [0.25, 0.3) is 5.91 Å².